The minimum atomic E-state index is -0.771. The molecule has 0 radical (unpaired) electrons. The number of benzene rings is 1. The monoisotopic (exact) mass is 216 g/mol. The van der Waals surface area contributed by atoms with Gasteiger partial charge in [-0.3, -0.25) is 9.59 Å². The van der Waals surface area contributed by atoms with Gasteiger partial charge in [0.2, 0.25) is 0 Å². The summed E-state index contributed by atoms with van der Waals surface area (Å²) in [6, 6.07) is 7.44. The van der Waals surface area contributed by atoms with E-state index in [2.05, 4.69) is 9.97 Å². The molecule has 2 aromatic rings. The molecule has 0 bridgehead atoms. The molecule has 0 aliphatic rings. The number of imidazole rings is 1. The summed E-state index contributed by atoms with van der Waals surface area (Å²) in [5, 5.41) is 0. The van der Waals surface area contributed by atoms with Crippen LogP contribution in [-0.2, 0) is 9.59 Å². The molecule has 0 aliphatic carbocycles. The van der Waals surface area contributed by atoms with Gasteiger partial charge >= 0.3 is 0 Å². The molecule has 0 spiro atoms. The Kier molecular flexibility index (Phi) is 2.56. The number of aromatic nitrogens is 2. The number of nitrogens with zero attached hydrogens (tertiary/aromatic N) is 1. The second kappa shape index (κ2) is 3.89. The van der Waals surface area contributed by atoms with E-state index < -0.39 is 5.92 Å². The van der Waals surface area contributed by atoms with Gasteiger partial charge in [-0.25, -0.2) is 4.98 Å². The van der Waals surface area contributed by atoms with Crippen molar-refractivity contribution in [3.63, 3.8) is 0 Å². The molecule has 0 amide bonds. The van der Waals surface area contributed by atoms with E-state index in [0.29, 0.717) is 5.82 Å². The van der Waals surface area contributed by atoms with E-state index in [9.17, 15) is 9.59 Å². The summed E-state index contributed by atoms with van der Waals surface area (Å²) in [6.07, 6.45) is 0. The third kappa shape index (κ3) is 1.74. The summed E-state index contributed by atoms with van der Waals surface area (Å²) in [6.45, 7) is 2.80. The number of aromatic amines is 1. The van der Waals surface area contributed by atoms with Gasteiger partial charge in [0.1, 0.15) is 23.3 Å². The first-order valence-corrected chi connectivity index (χ1v) is 5.05. The Bertz CT molecular complexity index is 510. The number of nitrogens with one attached hydrogen (secondary N) is 1. The van der Waals surface area contributed by atoms with Crippen molar-refractivity contribution < 1.29 is 9.59 Å². The summed E-state index contributed by atoms with van der Waals surface area (Å²) < 4.78 is 0. The highest BCUT2D eigenvalue weighted by Gasteiger charge is 2.24. The number of fused-ring (bicyclic) bond motifs is 1. The number of H-pyrrole nitrogens is 1. The summed E-state index contributed by atoms with van der Waals surface area (Å²) in [4.78, 5) is 30.0. The van der Waals surface area contributed by atoms with Crippen molar-refractivity contribution in [2.24, 2.45) is 0 Å². The molecule has 0 saturated carbocycles. The molecule has 16 heavy (non-hydrogen) atoms. The first-order valence-electron chi connectivity index (χ1n) is 5.05. The maximum atomic E-state index is 11.4. The van der Waals surface area contributed by atoms with Gasteiger partial charge in [0.15, 0.2) is 0 Å². The van der Waals surface area contributed by atoms with E-state index in [1.165, 1.54) is 13.8 Å². The maximum absolute atomic E-state index is 11.4. The summed E-state index contributed by atoms with van der Waals surface area (Å²) >= 11 is 0. The van der Waals surface area contributed by atoms with Crippen LogP contribution in [0.15, 0.2) is 24.3 Å². The maximum Gasteiger partial charge on any atom is 0.147 e. The first-order chi connectivity index (χ1) is 7.59. The standard InChI is InChI=1S/C12H12N2O2/c1-7(15)11(8(2)16)12-13-9-5-3-4-6-10(9)14-12/h3-6,11H,1-2H3,(H,13,14). The molecule has 82 valence electrons. The van der Waals surface area contributed by atoms with Crippen molar-refractivity contribution in [1.82, 2.24) is 9.97 Å². The normalized spacial score (nSPS) is 10.9. The fourth-order valence-electron chi connectivity index (χ4n) is 1.78. The average molecular weight is 216 g/mol. The second-order valence-electron chi connectivity index (χ2n) is 3.79. The molecule has 0 unspecified atom stereocenters. The average Bonchev–Trinajstić information content (AvgIpc) is 2.58. The SMILES string of the molecule is CC(=O)C(C(C)=O)c1nc2ccccc2[nH]1. The van der Waals surface area contributed by atoms with E-state index in [1.807, 2.05) is 24.3 Å². The minimum absolute atomic E-state index is 0.188. The summed E-state index contributed by atoms with van der Waals surface area (Å²) in [5.41, 5.74) is 1.61. The number of ketones is 2. The minimum Gasteiger partial charge on any atom is -0.341 e. The highest BCUT2D eigenvalue weighted by molar-refractivity contribution is 6.05. The molecule has 1 aromatic carbocycles. The molecule has 4 nitrogen and oxygen atoms in total. The first kappa shape index (κ1) is 10.5. The number of para-hydroxylation sites is 2. The number of hydrogen-bond donors (Lipinski definition) is 1. The van der Waals surface area contributed by atoms with Gasteiger partial charge in [0, 0.05) is 0 Å². The van der Waals surface area contributed by atoms with Crippen LogP contribution in [0.1, 0.15) is 25.6 Å². The van der Waals surface area contributed by atoms with Crippen molar-refractivity contribution >= 4 is 22.6 Å². The number of carbonyl (C=O) groups excluding carboxylic acids is 2. The van der Waals surface area contributed by atoms with Gasteiger partial charge in [-0.05, 0) is 26.0 Å². The van der Waals surface area contributed by atoms with Gasteiger partial charge < -0.3 is 4.98 Å². The third-order valence-electron chi connectivity index (χ3n) is 2.49. The van der Waals surface area contributed by atoms with Crippen LogP contribution in [0.5, 0.6) is 0 Å². The van der Waals surface area contributed by atoms with Gasteiger partial charge in [0.05, 0.1) is 11.0 Å². The molecular weight excluding hydrogens is 204 g/mol. The van der Waals surface area contributed by atoms with Crippen LogP contribution in [0.4, 0.5) is 0 Å². The van der Waals surface area contributed by atoms with Crippen LogP contribution in [-0.4, -0.2) is 21.5 Å². The van der Waals surface area contributed by atoms with Crippen molar-refractivity contribution in [1.29, 1.82) is 0 Å². The van der Waals surface area contributed by atoms with Gasteiger partial charge in [-0.1, -0.05) is 12.1 Å². The Hall–Kier alpha value is -1.97. The Balaban J connectivity index is 2.53. The zero-order valence-corrected chi connectivity index (χ0v) is 9.15. The van der Waals surface area contributed by atoms with Crippen molar-refractivity contribution in [3.8, 4) is 0 Å². The number of carbonyl (C=O) groups is 2. The molecule has 0 aliphatic heterocycles. The summed E-state index contributed by atoms with van der Waals surface area (Å²) in [5.74, 6) is -0.716. The Morgan fingerprint density at radius 1 is 1.19 bits per heavy atom. The lowest BCUT2D eigenvalue weighted by atomic mass is 10.0. The topological polar surface area (TPSA) is 62.8 Å². The van der Waals surface area contributed by atoms with E-state index in [-0.39, 0.29) is 11.6 Å². The molecule has 2 rings (SSSR count). The predicted molar refractivity (Wildman–Crippen MR) is 60.2 cm³/mol. The number of hydrogen-bond acceptors (Lipinski definition) is 3. The predicted octanol–water partition coefficient (Wildman–Crippen LogP) is 1.82. The Morgan fingerprint density at radius 3 is 2.38 bits per heavy atom. The number of Topliss-reactive ketones (excluding diaryl/α,β-unsaturated/α-hetero) is 2. The van der Waals surface area contributed by atoms with E-state index >= 15 is 0 Å². The quantitative estimate of drug-likeness (QED) is 0.796. The molecule has 0 saturated heterocycles. The highest BCUT2D eigenvalue weighted by atomic mass is 16.1. The van der Waals surface area contributed by atoms with Crippen molar-refractivity contribution in [2.45, 2.75) is 19.8 Å². The van der Waals surface area contributed by atoms with Crippen LogP contribution < -0.4 is 0 Å². The lowest BCUT2D eigenvalue weighted by Gasteiger charge is -2.05. The van der Waals surface area contributed by atoms with Gasteiger partial charge in [0.25, 0.3) is 0 Å². The summed E-state index contributed by atoms with van der Waals surface area (Å²) in [7, 11) is 0. The molecule has 1 heterocycles. The van der Waals surface area contributed by atoms with Crippen LogP contribution in [0.25, 0.3) is 11.0 Å². The van der Waals surface area contributed by atoms with Gasteiger partial charge in [-0.15, -0.1) is 0 Å². The van der Waals surface area contributed by atoms with Crippen LogP contribution >= 0.6 is 0 Å². The molecule has 0 atom stereocenters. The zero-order valence-electron chi connectivity index (χ0n) is 9.15. The second-order valence-corrected chi connectivity index (χ2v) is 3.79. The van der Waals surface area contributed by atoms with Crippen LogP contribution in [0.2, 0.25) is 0 Å². The van der Waals surface area contributed by atoms with E-state index in [4.69, 9.17) is 0 Å². The lowest BCUT2D eigenvalue weighted by Crippen LogP contribution is -2.18. The molecule has 4 heteroatoms. The van der Waals surface area contributed by atoms with Crippen molar-refractivity contribution in [2.75, 3.05) is 0 Å². The largest absolute Gasteiger partial charge is 0.341 e. The fraction of sp³-hybridized carbons (Fsp3) is 0.250. The molecule has 1 aromatic heterocycles. The Morgan fingerprint density at radius 2 is 1.81 bits per heavy atom. The third-order valence-corrected chi connectivity index (χ3v) is 2.49. The molecule has 0 fully saturated rings. The van der Waals surface area contributed by atoms with E-state index in [1.54, 1.807) is 0 Å². The highest BCUT2D eigenvalue weighted by Crippen LogP contribution is 2.19. The zero-order chi connectivity index (χ0) is 11.7. The fourth-order valence-corrected chi connectivity index (χ4v) is 1.78. The lowest BCUT2D eigenvalue weighted by molar-refractivity contribution is -0.127. The van der Waals surface area contributed by atoms with Crippen molar-refractivity contribution in [3.05, 3.63) is 30.1 Å². The number of rotatable bonds is 3. The van der Waals surface area contributed by atoms with E-state index in [0.717, 1.165) is 11.0 Å². The molecular formula is C12H12N2O2. The molecule has 1 N–H and O–H groups in total. The Labute approximate surface area is 92.7 Å². The van der Waals surface area contributed by atoms with Gasteiger partial charge in [-0.2, -0.15) is 0 Å². The van der Waals surface area contributed by atoms with Crippen LogP contribution in [0, 0.1) is 0 Å². The van der Waals surface area contributed by atoms with Crippen LogP contribution in [0.3, 0.4) is 0 Å². The smallest absolute Gasteiger partial charge is 0.147 e.